The summed E-state index contributed by atoms with van der Waals surface area (Å²) in [7, 11) is 2.09. The van der Waals surface area contributed by atoms with Crippen molar-refractivity contribution in [3.63, 3.8) is 0 Å². The second-order valence-corrected chi connectivity index (χ2v) is 6.68. The van der Waals surface area contributed by atoms with Crippen molar-refractivity contribution < 1.29 is 4.79 Å². The van der Waals surface area contributed by atoms with Gasteiger partial charge in [-0.3, -0.25) is 4.79 Å². The number of nitrogen functional groups attached to an aromatic ring is 1. The highest BCUT2D eigenvalue weighted by Gasteiger charge is 2.27. The third-order valence-electron chi connectivity index (χ3n) is 3.21. The van der Waals surface area contributed by atoms with Crippen molar-refractivity contribution in [2.75, 3.05) is 37.0 Å². The molecule has 1 fully saturated rings. The highest BCUT2D eigenvalue weighted by molar-refractivity contribution is 7.99. The molecule has 0 unspecified atom stereocenters. The first-order valence-corrected chi connectivity index (χ1v) is 8.58. The lowest BCUT2D eigenvalue weighted by molar-refractivity contribution is 0.0960. The lowest BCUT2D eigenvalue weighted by Crippen LogP contribution is -2.22. The number of carbonyl (C=O) groups is 1. The number of thiophene rings is 1. The molecule has 106 valence electrons. The number of hydrogen-bond donors (Lipinski definition) is 2. The minimum Gasteiger partial charge on any atom is -0.396 e. The number of rotatable bonds is 6. The average Bonchev–Trinajstić information content (AvgIpc) is 3.11. The molecule has 1 heterocycles. The van der Waals surface area contributed by atoms with E-state index in [9.17, 15) is 4.79 Å². The zero-order chi connectivity index (χ0) is 14.0. The molecule has 0 aliphatic heterocycles. The van der Waals surface area contributed by atoms with Crippen LogP contribution in [0, 0.1) is 5.92 Å². The maximum atomic E-state index is 12.0. The van der Waals surface area contributed by atoms with Crippen LogP contribution in [0.5, 0.6) is 0 Å². The summed E-state index contributed by atoms with van der Waals surface area (Å²) in [5.41, 5.74) is 6.76. The maximum Gasteiger partial charge on any atom is 0.263 e. The van der Waals surface area contributed by atoms with Gasteiger partial charge in [-0.15, -0.1) is 23.1 Å². The fourth-order valence-corrected chi connectivity index (χ4v) is 4.14. The highest BCUT2D eigenvalue weighted by Crippen LogP contribution is 2.44. The summed E-state index contributed by atoms with van der Waals surface area (Å²) in [5.74, 6) is 0.752. The Morgan fingerprint density at radius 3 is 2.79 bits per heavy atom. The quantitative estimate of drug-likeness (QED) is 0.793. The SMILES string of the molecule is CCNC(=O)c1sc(N(C)CC2CC2)c(SC)c1N. The van der Waals surface area contributed by atoms with E-state index >= 15 is 0 Å². The Balaban J connectivity index is 2.26. The number of hydrogen-bond acceptors (Lipinski definition) is 5. The molecule has 0 bridgehead atoms. The number of thioether (sulfide) groups is 1. The van der Waals surface area contributed by atoms with E-state index < -0.39 is 0 Å². The second-order valence-electron chi connectivity index (χ2n) is 4.87. The van der Waals surface area contributed by atoms with E-state index in [2.05, 4.69) is 17.3 Å². The van der Waals surface area contributed by atoms with Crippen molar-refractivity contribution in [3.05, 3.63) is 4.88 Å². The molecule has 1 saturated carbocycles. The van der Waals surface area contributed by atoms with Crippen LogP contribution in [0.1, 0.15) is 29.4 Å². The van der Waals surface area contributed by atoms with Crippen LogP contribution in [-0.2, 0) is 0 Å². The van der Waals surface area contributed by atoms with Gasteiger partial charge in [-0.1, -0.05) is 0 Å². The molecular weight excluding hydrogens is 278 g/mol. The minimum atomic E-state index is -0.0635. The van der Waals surface area contributed by atoms with Gasteiger partial charge in [-0.2, -0.15) is 0 Å². The lowest BCUT2D eigenvalue weighted by Gasteiger charge is -2.18. The van der Waals surface area contributed by atoms with Crippen LogP contribution >= 0.6 is 23.1 Å². The molecule has 3 N–H and O–H groups in total. The van der Waals surface area contributed by atoms with E-state index in [1.807, 2.05) is 13.2 Å². The number of amides is 1. The normalized spacial score (nSPS) is 14.5. The third-order valence-corrected chi connectivity index (χ3v) is 5.47. The van der Waals surface area contributed by atoms with Gasteiger partial charge in [0.15, 0.2) is 0 Å². The molecule has 1 aromatic rings. The van der Waals surface area contributed by atoms with Gasteiger partial charge in [0.05, 0.1) is 10.6 Å². The van der Waals surface area contributed by atoms with Crippen LogP contribution in [0.15, 0.2) is 4.90 Å². The van der Waals surface area contributed by atoms with E-state index in [0.29, 0.717) is 17.1 Å². The topological polar surface area (TPSA) is 58.4 Å². The summed E-state index contributed by atoms with van der Waals surface area (Å²) in [5, 5.41) is 3.95. The molecule has 1 amide bonds. The number of nitrogens with two attached hydrogens (primary N) is 1. The Morgan fingerprint density at radius 1 is 1.58 bits per heavy atom. The van der Waals surface area contributed by atoms with Gasteiger partial charge in [0.2, 0.25) is 0 Å². The summed E-state index contributed by atoms with van der Waals surface area (Å²) >= 11 is 3.12. The molecule has 0 atom stereocenters. The van der Waals surface area contributed by atoms with Crippen LogP contribution < -0.4 is 16.0 Å². The molecule has 0 spiro atoms. The molecular formula is C13H21N3OS2. The summed E-state index contributed by atoms with van der Waals surface area (Å²) in [4.78, 5) is 15.9. The zero-order valence-corrected chi connectivity index (χ0v) is 13.3. The van der Waals surface area contributed by atoms with Gasteiger partial charge in [0, 0.05) is 20.1 Å². The van der Waals surface area contributed by atoms with Crippen LogP contribution in [0.2, 0.25) is 0 Å². The van der Waals surface area contributed by atoms with Crippen LogP contribution in [0.3, 0.4) is 0 Å². The average molecular weight is 299 g/mol. The fraction of sp³-hybridized carbons (Fsp3) is 0.615. The van der Waals surface area contributed by atoms with E-state index in [0.717, 1.165) is 22.4 Å². The second kappa shape index (κ2) is 6.05. The van der Waals surface area contributed by atoms with Crippen LogP contribution in [-0.4, -0.2) is 32.3 Å². The van der Waals surface area contributed by atoms with Crippen molar-refractivity contribution in [2.24, 2.45) is 5.92 Å². The first kappa shape index (κ1) is 14.5. The largest absolute Gasteiger partial charge is 0.396 e. The first-order chi connectivity index (χ1) is 9.08. The Labute approximate surface area is 122 Å². The predicted molar refractivity (Wildman–Crippen MR) is 84.5 cm³/mol. The van der Waals surface area contributed by atoms with Crippen molar-refractivity contribution in [1.82, 2.24) is 5.32 Å². The number of nitrogens with one attached hydrogen (secondary N) is 1. The van der Waals surface area contributed by atoms with Gasteiger partial charge in [-0.05, 0) is 31.9 Å². The molecule has 1 aliphatic carbocycles. The Bertz CT molecular complexity index is 469. The number of carbonyl (C=O) groups excluding carboxylic acids is 1. The molecule has 0 aromatic carbocycles. The van der Waals surface area contributed by atoms with Crippen molar-refractivity contribution in [3.8, 4) is 0 Å². The molecule has 4 nitrogen and oxygen atoms in total. The summed E-state index contributed by atoms with van der Waals surface area (Å²) in [6.45, 7) is 3.59. The third kappa shape index (κ3) is 3.17. The molecule has 0 saturated heterocycles. The monoisotopic (exact) mass is 299 g/mol. The van der Waals surface area contributed by atoms with Crippen molar-refractivity contribution in [2.45, 2.75) is 24.7 Å². The van der Waals surface area contributed by atoms with E-state index in [1.165, 1.54) is 24.2 Å². The molecule has 6 heteroatoms. The fourth-order valence-electron chi connectivity index (χ4n) is 2.04. The van der Waals surface area contributed by atoms with E-state index in [4.69, 9.17) is 5.73 Å². The number of nitrogens with zero attached hydrogens (tertiary/aromatic N) is 1. The van der Waals surface area contributed by atoms with Crippen LogP contribution in [0.4, 0.5) is 10.7 Å². The first-order valence-electron chi connectivity index (χ1n) is 6.54. The lowest BCUT2D eigenvalue weighted by atomic mass is 10.3. The van der Waals surface area contributed by atoms with Crippen molar-refractivity contribution in [1.29, 1.82) is 0 Å². The standard InChI is InChI=1S/C13H21N3OS2/c1-4-15-12(17)10-9(14)11(18-3)13(19-10)16(2)7-8-5-6-8/h8H,4-7,14H2,1-3H3,(H,15,17). The van der Waals surface area contributed by atoms with Gasteiger partial charge >= 0.3 is 0 Å². The molecule has 2 rings (SSSR count). The van der Waals surface area contributed by atoms with E-state index in [1.54, 1.807) is 11.8 Å². The Kier molecular flexibility index (Phi) is 4.62. The van der Waals surface area contributed by atoms with Crippen molar-refractivity contribution >= 4 is 39.7 Å². The summed E-state index contributed by atoms with van der Waals surface area (Å²) in [6.07, 6.45) is 4.65. The predicted octanol–water partition coefficient (Wildman–Crippen LogP) is 2.65. The number of anilines is 2. The van der Waals surface area contributed by atoms with Crippen LogP contribution in [0.25, 0.3) is 0 Å². The van der Waals surface area contributed by atoms with Gasteiger partial charge in [0.1, 0.15) is 9.88 Å². The van der Waals surface area contributed by atoms with Gasteiger partial charge < -0.3 is 16.0 Å². The summed E-state index contributed by atoms with van der Waals surface area (Å²) < 4.78 is 0. The zero-order valence-electron chi connectivity index (χ0n) is 11.7. The van der Waals surface area contributed by atoms with Gasteiger partial charge in [0.25, 0.3) is 5.91 Å². The maximum absolute atomic E-state index is 12.0. The Morgan fingerprint density at radius 2 is 2.26 bits per heavy atom. The molecule has 1 aliphatic rings. The van der Waals surface area contributed by atoms with E-state index in [-0.39, 0.29) is 5.91 Å². The summed E-state index contributed by atoms with van der Waals surface area (Å²) in [6, 6.07) is 0. The molecule has 1 aromatic heterocycles. The minimum absolute atomic E-state index is 0.0635. The Hall–Kier alpha value is -0.880. The highest BCUT2D eigenvalue weighted by atomic mass is 32.2. The molecule has 19 heavy (non-hydrogen) atoms. The van der Waals surface area contributed by atoms with Gasteiger partial charge in [-0.25, -0.2) is 0 Å². The molecule has 0 radical (unpaired) electrons. The smallest absolute Gasteiger partial charge is 0.263 e.